The standard InChI is InChI=1S/C11H16O4/c12-7-10(13)6-11(14)15-8-9-4-2-1-3-5-9/h1-5,10-14H,6-8H2. The fourth-order valence-corrected chi connectivity index (χ4v) is 1.14. The minimum atomic E-state index is -1.05. The SMILES string of the molecule is OCC(O)CC(O)OCc1ccccc1. The van der Waals surface area contributed by atoms with E-state index in [0.29, 0.717) is 6.61 Å². The van der Waals surface area contributed by atoms with Crippen LogP contribution in [0.2, 0.25) is 0 Å². The maximum Gasteiger partial charge on any atom is 0.157 e. The topological polar surface area (TPSA) is 69.9 Å². The summed E-state index contributed by atoms with van der Waals surface area (Å²) in [6, 6.07) is 9.43. The predicted molar refractivity (Wildman–Crippen MR) is 54.9 cm³/mol. The number of hydrogen-bond acceptors (Lipinski definition) is 4. The van der Waals surface area contributed by atoms with Crippen LogP contribution < -0.4 is 0 Å². The Kier molecular flexibility index (Phi) is 5.28. The minimum Gasteiger partial charge on any atom is -0.394 e. The van der Waals surface area contributed by atoms with E-state index in [1.807, 2.05) is 30.3 Å². The molecule has 0 spiro atoms. The largest absolute Gasteiger partial charge is 0.394 e. The Morgan fingerprint density at radius 3 is 2.40 bits per heavy atom. The normalized spacial score (nSPS) is 14.9. The molecule has 0 saturated carbocycles. The van der Waals surface area contributed by atoms with Crippen LogP contribution in [0.3, 0.4) is 0 Å². The number of hydrogen-bond donors (Lipinski definition) is 3. The Labute approximate surface area is 88.8 Å². The lowest BCUT2D eigenvalue weighted by Crippen LogP contribution is -2.22. The van der Waals surface area contributed by atoms with Crippen LogP contribution in [-0.2, 0) is 11.3 Å². The lowest BCUT2D eigenvalue weighted by Gasteiger charge is -2.14. The van der Waals surface area contributed by atoms with Crippen LogP contribution in [0.4, 0.5) is 0 Å². The van der Waals surface area contributed by atoms with Gasteiger partial charge in [0.15, 0.2) is 6.29 Å². The predicted octanol–water partition coefficient (Wildman–Crippen LogP) is 0.265. The van der Waals surface area contributed by atoms with Crippen molar-refractivity contribution in [2.75, 3.05) is 6.61 Å². The molecule has 4 heteroatoms. The highest BCUT2D eigenvalue weighted by Crippen LogP contribution is 2.05. The molecule has 0 aliphatic heterocycles. The molecular weight excluding hydrogens is 196 g/mol. The summed E-state index contributed by atoms with van der Waals surface area (Å²) in [4.78, 5) is 0. The first kappa shape index (κ1) is 12.1. The van der Waals surface area contributed by atoms with Gasteiger partial charge in [0.1, 0.15) is 0 Å². The smallest absolute Gasteiger partial charge is 0.157 e. The Balaban J connectivity index is 2.25. The van der Waals surface area contributed by atoms with Crippen LogP contribution in [0.15, 0.2) is 30.3 Å². The molecule has 0 heterocycles. The summed E-state index contributed by atoms with van der Waals surface area (Å²) < 4.78 is 5.08. The first-order valence-electron chi connectivity index (χ1n) is 4.85. The van der Waals surface area contributed by atoms with E-state index in [-0.39, 0.29) is 13.0 Å². The van der Waals surface area contributed by atoms with Crippen molar-refractivity contribution in [3.8, 4) is 0 Å². The third-order valence-electron chi connectivity index (χ3n) is 1.97. The minimum absolute atomic E-state index is 0.0172. The van der Waals surface area contributed by atoms with Crippen LogP contribution in [0.1, 0.15) is 12.0 Å². The number of aliphatic hydroxyl groups is 3. The molecule has 0 aliphatic carbocycles. The van der Waals surface area contributed by atoms with E-state index in [1.165, 1.54) is 0 Å². The Morgan fingerprint density at radius 2 is 1.80 bits per heavy atom. The van der Waals surface area contributed by atoms with Gasteiger partial charge in [-0.2, -0.15) is 0 Å². The van der Waals surface area contributed by atoms with Gasteiger partial charge in [-0.15, -0.1) is 0 Å². The van der Waals surface area contributed by atoms with Gasteiger partial charge in [0.05, 0.1) is 19.3 Å². The van der Waals surface area contributed by atoms with Gasteiger partial charge in [0.25, 0.3) is 0 Å². The lowest BCUT2D eigenvalue weighted by molar-refractivity contribution is -0.131. The third kappa shape index (κ3) is 4.90. The van der Waals surface area contributed by atoms with Crippen molar-refractivity contribution in [2.24, 2.45) is 0 Å². The van der Waals surface area contributed by atoms with E-state index in [9.17, 15) is 5.11 Å². The summed E-state index contributed by atoms with van der Waals surface area (Å²) >= 11 is 0. The molecule has 3 N–H and O–H groups in total. The summed E-state index contributed by atoms with van der Waals surface area (Å²) in [6.45, 7) is -0.0775. The second-order valence-electron chi connectivity index (χ2n) is 3.32. The average molecular weight is 212 g/mol. The van der Waals surface area contributed by atoms with Crippen LogP contribution in [0, 0.1) is 0 Å². The molecule has 0 radical (unpaired) electrons. The van der Waals surface area contributed by atoms with Gasteiger partial charge in [0.2, 0.25) is 0 Å². The maximum atomic E-state index is 9.32. The lowest BCUT2D eigenvalue weighted by atomic mass is 10.2. The van der Waals surface area contributed by atoms with Crippen LogP contribution in [0.25, 0.3) is 0 Å². The molecule has 1 aromatic carbocycles. The molecule has 0 saturated heterocycles. The number of ether oxygens (including phenoxy) is 1. The molecule has 0 bridgehead atoms. The second-order valence-corrected chi connectivity index (χ2v) is 3.32. The Hall–Kier alpha value is -0.940. The number of benzene rings is 1. The summed E-state index contributed by atoms with van der Waals surface area (Å²) in [6.07, 6.45) is -1.97. The van der Waals surface area contributed by atoms with Gasteiger partial charge in [0, 0.05) is 6.42 Å². The highest BCUT2D eigenvalue weighted by Gasteiger charge is 2.10. The van der Waals surface area contributed by atoms with E-state index in [4.69, 9.17) is 14.9 Å². The summed E-state index contributed by atoms with van der Waals surface area (Å²) in [5, 5.41) is 26.9. The van der Waals surface area contributed by atoms with Crippen molar-refractivity contribution in [3.63, 3.8) is 0 Å². The molecule has 2 atom stereocenters. The molecule has 0 fully saturated rings. The molecule has 2 unspecified atom stereocenters. The van der Waals surface area contributed by atoms with Crippen molar-refractivity contribution in [1.82, 2.24) is 0 Å². The maximum absolute atomic E-state index is 9.32. The summed E-state index contributed by atoms with van der Waals surface area (Å²) in [7, 11) is 0. The quantitative estimate of drug-likeness (QED) is 0.592. The van der Waals surface area contributed by atoms with Gasteiger partial charge < -0.3 is 20.1 Å². The highest BCUT2D eigenvalue weighted by atomic mass is 16.6. The van der Waals surface area contributed by atoms with E-state index < -0.39 is 12.4 Å². The highest BCUT2D eigenvalue weighted by molar-refractivity contribution is 5.13. The van der Waals surface area contributed by atoms with E-state index >= 15 is 0 Å². The third-order valence-corrected chi connectivity index (χ3v) is 1.97. The molecule has 0 amide bonds. The van der Waals surface area contributed by atoms with Crippen molar-refractivity contribution >= 4 is 0 Å². The van der Waals surface area contributed by atoms with Gasteiger partial charge in [-0.3, -0.25) is 0 Å². The van der Waals surface area contributed by atoms with Crippen LogP contribution in [-0.4, -0.2) is 34.3 Å². The Bertz CT molecular complexity index is 263. The zero-order valence-corrected chi connectivity index (χ0v) is 8.41. The Morgan fingerprint density at radius 1 is 1.13 bits per heavy atom. The average Bonchev–Trinajstić information content (AvgIpc) is 2.27. The molecule has 15 heavy (non-hydrogen) atoms. The first-order valence-corrected chi connectivity index (χ1v) is 4.85. The van der Waals surface area contributed by atoms with Crippen molar-refractivity contribution < 1.29 is 20.1 Å². The van der Waals surface area contributed by atoms with Crippen LogP contribution >= 0.6 is 0 Å². The molecular formula is C11H16O4. The number of aliphatic hydroxyl groups excluding tert-OH is 3. The van der Waals surface area contributed by atoms with Gasteiger partial charge in [-0.1, -0.05) is 30.3 Å². The number of rotatable bonds is 6. The van der Waals surface area contributed by atoms with Gasteiger partial charge >= 0.3 is 0 Å². The zero-order chi connectivity index (χ0) is 11.1. The molecule has 0 aliphatic rings. The fraction of sp³-hybridized carbons (Fsp3) is 0.455. The summed E-state index contributed by atoms with van der Waals surface area (Å²) in [5.74, 6) is 0. The molecule has 1 aromatic rings. The molecule has 84 valence electrons. The zero-order valence-electron chi connectivity index (χ0n) is 8.41. The second kappa shape index (κ2) is 6.53. The monoisotopic (exact) mass is 212 g/mol. The van der Waals surface area contributed by atoms with Crippen LogP contribution in [0.5, 0.6) is 0 Å². The molecule has 4 nitrogen and oxygen atoms in total. The van der Waals surface area contributed by atoms with Crippen molar-refractivity contribution in [3.05, 3.63) is 35.9 Å². The van der Waals surface area contributed by atoms with Gasteiger partial charge in [-0.25, -0.2) is 0 Å². The molecule has 1 rings (SSSR count). The van der Waals surface area contributed by atoms with E-state index in [0.717, 1.165) is 5.56 Å². The fourth-order valence-electron chi connectivity index (χ4n) is 1.14. The summed E-state index contributed by atoms with van der Waals surface area (Å²) in [5.41, 5.74) is 0.954. The van der Waals surface area contributed by atoms with Crippen molar-refractivity contribution in [1.29, 1.82) is 0 Å². The van der Waals surface area contributed by atoms with Crippen molar-refractivity contribution in [2.45, 2.75) is 25.4 Å². The first-order chi connectivity index (χ1) is 7.22. The van der Waals surface area contributed by atoms with E-state index in [2.05, 4.69) is 0 Å². The molecule has 0 aromatic heterocycles. The van der Waals surface area contributed by atoms with Gasteiger partial charge in [-0.05, 0) is 5.56 Å². The van der Waals surface area contributed by atoms with E-state index in [1.54, 1.807) is 0 Å².